The molecule has 1 aliphatic heterocycles. The minimum absolute atomic E-state index is 0.0121. The standard InChI is InChI=1S/C46H67N7O11/c1-9-27(6)39(56)47-35(23-31-18-14-11-15-19-31)43(60)53-38-29(8)64-46(63)36(24-54)51-44(61)37(28(7)55)52-42(59)33(21-26(4)5)48-41(58)34(22-30-16-12-10-13-17-30)49-40(57)32(20-25(2)3)50-45(38)62/h10-19,25-29,32-38,54-55H,9,20-24H2,1-8H3,(H,47,56)(H,48,58)(H,49,57)(H,50,62)(H,51,61)(H,52,59)(H,53,60)/t27?,28-,29-,32?,33?,34?,35?,36-,37+,38+/m0/s1. The number of nitrogens with one attached hydrogen (secondary N) is 7. The molecule has 7 amide bonds. The third-order valence-corrected chi connectivity index (χ3v) is 10.8. The van der Waals surface area contributed by atoms with Crippen LogP contribution in [-0.2, 0) is 55.9 Å². The zero-order valence-electron chi connectivity index (χ0n) is 38.0. The Balaban J connectivity index is 2.17. The third-order valence-electron chi connectivity index (χ3n) is 10.8. The lowest BCUT2D eigenvalue weighted by Crippen LogP contribution is -2.62. The molecule has 3 rings (SSSR count). The average molecular weight is 894 g/mol. The lowest BCUT2D eigenvalue weighted by molar-refractivity contribution is -0.157. The Hall–Kier alpha value is -5.88. The van der Waals surface area contributed by atoms with Crippen LogP contribution in [0, 0.1) is 17.8 Å². The fourth-order valence-corrected chi connectivity index (χ4v) is 6.91. The second-order valence-electron chi connectivity index (χ2n) is 17.3. The number of hydrogen-bond acceptors (Lipinski definition) is 11. The van der Waals surface area contributed by atoms with Crippen LogP contribution in [0.25, 0.3) is 0 Å². The summed E-state index contributed by atoms with van der Waals surface area (Å²) in [6.07, 6.45) is -2.51. The van der Waals surface area contributed by atoms with E-state index < -0.39 is 114 Å². The molecule has 0 saturated carbocycles. The zero-order valence-corrected chi connectivity index (χ0v) is 38.0. The number of rotatable bonds is 15. The van der Waals surface area contributed by atoms with Crippen molar-refractivity contribution in [3.05, 3.63) is 71.8 Å². The maximum Gasteiger partial charge on any atom is 0.331 e. The molecule has 64 heavy (non-hydrogen) atoms. The molecule has 0 spiro atoms. The lowest BCUT2D eigenvalue weighted by Gasteiger charge is -2.30. The summed E-state index contributed by atoms with van der Waals surface area (Å²) in [5.41, 5.74) is 1.34. The number of aliphatic hydroxyl groups is 2. The fraction of sp³-hybridized carbons (Fsp3) is 0.565. The number of amides is 7. The highest BCUT2D eigenvalue weighted by atomic mass is 16.5. The summed E-state index contributed by atoms with van der Waals surface area (Å²) in [4.78, 5) is 111. The summed E-state index contributed by atoms with van der Waals surface area (Å²) in [6, 6.07) is 7.26. The Labute approximate surface area is 375 Å². The maximum absolute atomic E-state index is 14.5. The van der Waals surface area contributed by atoms with E-state index in [0.717, 1.165) is 0 Å². The topological polar surface area (TPSA) is 270 Å². The van der Waals surface area contributed by atoms with Gasteiger partial charge >= 0.3 is 5.97 Å². The van der Waals surface area contributed by atoms with Crippen molar-refractivity contribution in [1.82, 2.24) is 37.2 Å². The van der Waals surface area contributed by atoms with Crippen molar-refractivity contribution in [2.75, 3.05) is 6.61 Å². The molecule has 0 aliphatic carbocycles. The predicted octanol–water partition coefficient (Wildman–Crippen LogP) is 0.322. The minimum Gasteiger partial charge on any atom is -0.458 e. The highest BCUT2D eigenvalue weighted by Crippen LogP contribution is 2.14. The largest absolute Gasteiger partial charge is 0.458 e. The molecule has 2 aromatic carbocycles. The van der Waals surface area contributed by atoms with Gasteiger partial charge in [0, 0.05) is 18.8 Å². The predicted molar refractivity (Wildman–Crippen MR) is 236 cm³/mol. The van der Waals surface area contributed by atoms with Gasteiger partial charge in [-0.25, -0.2) is 4.79 Å². The van der Waals surface area contributed by atoms with Crippen LogP contribution in [0.1, 0.15) is 85.8 Å². The van der Waals surface area contributed by atoms with Gasteiger partial charge < -0.3 is 52.2 Å². The quantitative estimate of drug-likeness (QED) is 0.110. The Morgan fingerprint density at radius 3 is 1.66 bits per heavy atom. The van der Waals surface area contributed by atoms with E-state index >= 15 is 0 Å². The minimum atomic E-state index is -1.79. The first-order valence-corrected chi connectivity index (χ1v) is 21.9. The number of hydrogen-bond donors (Lipinski definition) is 9. The second kappa shape index (κ2) is 25.4. The van der Waals surface area contributed by atoms with Crippen LogP contribution in [0.2, 0.25) is 0 Å². The smallest absolute Gasteiger partial charge is 0.331 e. The summed E-state index contributed by atoms with van der Waals surface area (Å²) in [5, 5.41) is 39.1. The van der Waals surface area contributed by atoms with Gasteiger partial charge in [0.1, 0.15) is 42.4 Å². The first-order valence-electron chi connectivity index (χ1n) is 21.9. The summed E-state index contributed by atoms with van der Waals surface area (Å²) in [7, 11) is 0. The van der Waals surface area contributed by atoms with E-state index in [4.69, 9.17) is 4.74 Å². The van der Waals surface area contributed by atoms with Gasteiger partial charge in [-0.05, 0) is 56.1 Å². The molecule has 1 aliphatic rings. The van der Waals surface area contributed by atoms with Crippen molar-refractivity contribution in [3.63, 3.8) is 0 Å². The van der Waals surface area contributed by atoms with Crippen LogP contribution < -0.4 is 37.2 Å². The van der Waals surface area contributed by atoms with E-state index in [9.17, 15) is 48.6 Å². The van der Waals surface area contributed by atoms with E-state index in [1.165, 1.54) is 13.8 Å². The van der Waals surface area contributed by atoms with Crippen LogP contribution in [0.3, 0.4) is 0 Å². The van der Waals surface area contributed by atoms with Crippen molar-refractivity contribution in [2.24, 2.45) is 17.8 Å². The molecule has 1 heterocycles. The number of carbonyl (C=O) groups is 8. The Morgan fingerprint density at radius 2 is 1.14 bits per heavy atom. The molecule has 1 fully saturated rings. The van der Waals surface area contributed by atoms with Gasteiger partial charge in [-0.1, -0.05) is 102 Å². The Morgan fingerprint density at radius 1 is 0.656 bits per heavy atom. The number of cyclic esters (lactones) is 1. The molecule has 0 bridgehead atoms. The SMILES string of the molecule is CCC(C)C(=O)NC(Cc1ccccc1)C(=O)N[C@H]1C(=O)NC(CC(C)C)C(=O)NC(Cc2ccccc2)C(=O)NC(CC(C)C)C(=O)N[C@H]([C@H](C)O)C(=O)N[C@@H](CO)C(=O)O[C@H]1C. The number of benzene rings is 2. The monoisotopic (exact) mass is 893 g/mol. The molecular formula is C46H67N7O11. The van der Waals surface area contributed by atoms with Crippen molar-refractivity contribution in [1.29, 1.82) is 0 Å². The van der Waals surface area contributed by atoms with Gasteiger partial charge in [0.25, 0.3) is 0 Å². The maximum atomic E-state index is 14.5. The number of ether oxygens (including phenoxy) is 1. The van der Waals surface area contributed by atoms with Crippen LogP contribution in [0.5, 0.6) is 0 Å². The van der Waals surface area contributed by atoms with Crippen molar-refractivity contribution in [3.8, 4) is 0 Å². The van der Waals surface area contributed by atoms with Crippen molar-refractivity contribution in [2.45, 2.75) is 142 Å². The van der Waals surface area contributed by atoms with Gasteiger partial charge in [0.05, 0.1) is 12.7 Å². The zero-order chi connectivity index (χ0) is 47.7. The van der Waals surface area contributed by atoms with Crippen LogP contribution in [0.4, 0.5) is 0 Å². The molecule has 18 heteroatoms. The molecule has 2 aromatic rings. The first kappa shape index (κ1) is 52.5. The summed E-state index contributed by atoms with van der Waals surface area (Å²) >= 11 is 0. The summed E-state index contributed by atoms with van der Waals surface area (Å²) < 4.78 is 5.62. The number of aliphatic hydroxyl groups excluding tert-OH is 2. The van der Waals surface area contributed by atoms with Gasteiger partial charge in [0.2, 0.25) is 41.4 Å². The van der Waals surface area contributed by atoms with Gasteiger partial charge in [-0.2, -0.15) is 0 Å². The Kier molecular flexibility index (Phi) is 20.8. The normalized spacial score (nSPS) is 24.5. The number of esters is 1. The van der Waals surface area contributed by atoms with Crippen LogP contribution in [0.15, 0.2) is 60.7 Å². The molecule has 0 aromatic heterocycles. The highest BCUT2D eigenvalue weighted by molar-refractivity contribution is 5.98. The van der Waals surface area contributed by atoms with Crippen molar-refractivity contribution >= 4 is 47.3 Å². The van der Waals surface area contributed by atoms with E-state index in [-0.39, 0.29) is 37.5 Å². The lowest BCUT2D eigenvalue weighted by atomic mass is 9.99. The van der Waals surface area contributed by atoms with Gasteiger partial charge in [0.15, 0.2) is 6.04 Å². The molecule has 5 unspecified atom stereocenters. The third kappa shape index (κ3) is 16.3. The van der Waals surface area contributed by atoms with Crippen LogP contribution >= 0.6 is 0 Å². The number of carbonyl (C=O) groups excluding carboxylic acids is 8. The van der Waals surface area contributed by atoms with E-state index in [0.29, 0.717) is 17.5 Å². The summed E-state index contributed by atoms with van der Waals surface area (Å²) in [5.74, 6) is -7.79. The van der Waals surface area contributed by atoms with Gasteiger partial charge in [-0.15, -0.1) is 0 Å². The molecule has 0 radical (unpaired) electrons. The Bertz CT molecular complexity index is 1900. The van der Waals surface area contributed by atoms with Gasteiger partial charge in [-0.3, -0.25) is 33.6 Å². The van der Waals surface area contributed by atoms with Crippen LogP contribution in [-0.4, -0.2) is 119 Å². The summed E-state index contributed by atoms with van der Waals surface area (Å²) in [6.45, 7) is 12.2. The highest BCUT2D eigenvalue weighted by Gasteiger charge is 2.39. The van der Waals surface area contributed by atoms with E-state index in [1.807, 2.05) is 6.92 Å². The van der Waals surface area contributed by atoms with Crippen molar-refractivity contribution < 1.29 is 53.3 Å². The average Bonchev–Trinajstić information content (AvgIpc) is 3.24. The van der Waals surface area contributed by atoms with E-state index in [2.05, 4.69) is 37.2 Å². The van der Waals surface area contributed by atoms with E-state index in [1.54, 1.807) is 95.3 Å². The fourth-order valence-electron chi connectivity index (χ4n) is 6.91. The molecular weight excluding hydrogens is 827 g/mol. The second-order valence-corrected chi connectivity index (χ2v) is 17.3. The molecule has 18 nitrogen and oxygen atoms in total. The molecule has 9 N–H and O–H groups in total. The molecule has 10 atom stereocenters. The first-order chi connectivity index (χ1) is 30.2. The molecule has 352 valence electrons. The molecule has 1 saturated heterocycles.